The second-order valence-electron chi connectivity index (χ2n) is 4.11. The number of hydrogen-bond donors (Lipinski definition) is 2. The molecule has 0 radical (unpaired) electrons. The number of nitrogens with two attached hydrogens (primary N) is 1. The predicted octanol–water partition coefficient (Wildman–Crippen LogP) is 1.50. The number of likely N-dealkylation sites (N-methyl/N-ethyl adjacent to an activating group) is 1. The molecule has 16 heavy (non-hydrogen) atoms. The van der Waals surface area contributed by atoms with Crippen LogP contribution in [-0.2, 0) is 0 Å². The molecule has 0 saturated carbocycles. The third-order valence-corrected chi connectivity index (χ3v) is 2.65. The van der Waals surface area contributed by atoms with Crippen molar-refractivity contribution in [3.63, 3.8) is 0 Å². The summed E-state index contributed by atoms with van der Waals surface area (Å²) < 4.78 is 0. The number of rotatable bonds is 4. The SMILES string of the molecule is CC(CNc1cc(C#N)ccc1N)N(C)C. The minimum atomic E-state index is 0.408. The minimum Gasteiger partial charge on any atom is -0.397 e. The molecule has 1 aromatic rings. The van der Waals surface area contributed by atoms with Crippen molar-refractivity contribution in [2.45, 2.75) is 13.0 Å². The van der Waals surface area contributed by atoms with Crippen LogP contribution in [0.25, 0.3) is 0 Å². The number of nitrogen functional groups attached to an aromatic ring is 1. The highest BCUT2D eigenvalue weighted by Gasteiger charge is 2.05. The Kier molecular flexibility index (Phi) is 4.15. The number of nitrogens with one attached hydrogen (secondary N) is 1. The third kappa shape index (κ3) is 3.14. The number of anilines is 2. The average Bonchev–Trinajstić information content (AvgIpc) is 2.27. The van der Waals surface area contributed by atoms with Crippen molar-refractivity contribution in [1.82, 2.24) is 4.90 Å². The van der Waals surface area contributed by atoms with Crippen LogP contribution in [0.2, 0.25) is 0 Å². The van der Waals surface area contributed by atoms with Crippen molar-refractivity contribution in [1.29, 1.82) is 5.26 Å². The zero-order chi connectivity index (χ0) is 12.1. The standard InChI is InChI=1S/C12H18N4/c1-9(16(2)3)8-15-12-6-10(7-13)4-5-11(12)14/h4-6,9,15H,8,14H2,1-3H3. The van der Waals surface area contributed by atoms with Gasteiger partial charge in [-0.05, 0) is 39.2 Å². The maximum absolute atomic E-state index is 8.79. The van der Waals surface area contributed by atoms with Crippen molar-refractivity contribution in [3.05, 3.63) is 23.8 Å². The molecule has 4 heteroatoms. The van der Waals surface area contributed by atoms with Gasteiger partial charge >= 0.3 is 0 Å². The molecule has 1 aromatic carbocycles. The topological polar surface area (TPSA) is 65.1 Å². The molecule has 86 valence electrons. The first-order valence-electron chi connectivity index (χ1n) is 5.24. The minimum absolute atomic E-state index is 0.408. The lowest BCUT2D eigenvalue weighted by Crippen LogP contribution is -2.31. The van der Waals surface area contributed by atoms with E-state index in [0.29, 0.717) is 17.3 Å². The zero-order valence-electron chi connectivity index (χ0n) is 9.99. The fraction of sp³-hybridized carbons (Fsp3) is 0.417. The van der Waals surface area contributed by atoms with Gasteiger partial charge in [-0.25, -0.2) is 0 Å². The van der Waals surface area contributed by atoms with E-state index in [-0.39, 0.29) is 0 Å². The van der Waals surface area contributed by atoms with E-state index in [1.54, 1.807) is 18.2 Å². The molecule has 0 bridgehead atoms. The summed E-state index contributed by atoms with van der Waals surface area (Å²) in [6.07, 6.45) is 0. The lowest BCUT2D eigenvalue weighted by atomic mass is 10.2. The Balaban J connectivity index is 2.70. The van der Waals surface area contributed by atoms with Crippen LogP contribution >= 0.6 is 0 Å². The molecule has 0 aromatic heterocycles. The van der Waals surface area contributed by atoms with E-state index in [0.717, 1.165) is 12.2 Å². The van der Waals surface area contributed by atoms with Crippen LogP contribution in [0.5, 0.6) is 0 Å². The summed E-state index contributed by atoms with van der Waals surface area (Å²) in [7, 11) is 4.06. The van der Waals surface area contributed by atoms with Gasteiger partial charge < -0.3 is 16.0 Å². The molecule has 3 N–H and O–H groups in total. The molecular formula is C12H18N4. The predicted molar refractivity (Wildman–Crippen MR) is 67.2 cm³/mol. The zero-order valence-corrected chi connectivity index (χ0v) is 9.99. The molecule has 0 aliphatic carbocycles. The first-order valence-corrected chi connectivity index (χ1v) is 5.24. The summed E-state index contributed by atoms with van der Waals surface area (Å²) in [6, 6.07) is 7.75. The maximum Gasteiger partial charge on any atom is 0.0992 e. The molecule has 1 unspecified atom stereocenters. The van der Waals surface area contributed by atoms with E-state index in [4.69, 9.17) is 11.0 Å². The fourth-order valence-electron chi connectivity index (χ4n) is 1.22. The number of nitriles is 1. The lowest BCUT2D eigenvalue weighted by Gasteiger charge is -2.21. The van der Waals surface area contributed by atoms with Crippen LogP contribution in [0.1, 0.15) is 12.5 Å². The van der Waals surface area contributed by atoms with Crippen molar-refractivity contribution >= 4 is 11.4 Å². The average molecular weight is 218 g/mol. The normalized spacial score (nSPS) is 12.2. The first-order chi connectivity index (χ1) is 7.54. The summed E-state index contributed by atoms with van der Waals surface area (Å²) in [5.41, 5.74) is 7.94. The van der Waals surface area contributed by atoms with Crippen molar-refractivity contribution < 1.29 is 0 Å². The van der Waals surface area contributed by atoms with Gasteiger partial charge in [-0.1, -0.05) is 0 Å². The van der Waals surface area contributed by atoms with E-state index < -0.39 is 0 Å². The summed E-state index contributed by atoms with van der Waals surface area (Å²) in [5.74, 6) is 0. The van der Waals surface area contributed by atoms with Gasteiger partial charge in [0.05, 0.1) is 23.0 Å². The molecule has 4 nitrogen and oxygen atoms in total. The highest BCUT2D eigenvalue weighted by atomic mass is 15.1. The van der Waals surface area contributed by atoms with Gasteiger partial charge in [-0.15, -0.1) is 0 Å². The van der Waals surface area contributed by atoms with Crippen LogP contribution in [0.15, 0.2) is 18.2 Å². The molecule has 0 aliphatic heterocycles. The largest absolute Gasteiger partial charge is 0.397 e. The maximum atomic E-state index is 8.79. The Labute approximate surface area is 96.7 Å². The molecule has 0 spiro atoms. The third-order valence-electron chi connectivity index (χ3n) is 2.65. The van der Waals surface area contributed by atoms with Gasteiger partial charge in [0.25, 0.3) is 0 Å². The molecule has 0 heterocycles. The van der Waals surface area contributed by atoms with Gasteiger partial charge in [0.15, 0.2) is 0 Å². The quantitative estimate of drug-likeness (QED) is 0.752. The molecule has 0 aliphatic rings. The summed E-state index contributed by atoms with van der Waals surface area (Å²) in [4.78, 5) is 2.12. The lowest BCUT2D eigenvalue weighted by molar-refractivity contribution is 0.326. The fourth-order valence-corrected chi connectivity index (χ4v) is 1.22. The van der Waals surface area contributed by atoms with Crippen molar-refractivity contribution in [2.24, 2.45) is 0 Å². The smallest absolute Gasteiger partial charge is 0.0992 e. The van der Waals surface area contributed by atoms with E-state index in [1.807, 2.05) is 14.1 Å². The molecule has 0 saturated heterocycles. The van der Waals surface area contributed by atoms with E-state index in [1.165, 1.54) is 0 Å². The Morgan fingerprint density at radius 1 is 1.50 bits per heavy atom. The second kappa shape index (κ2) is 5.38. The monoisotopic (exact) mass is 218 g/mol. The molecular weight excluding hydrogens is 200 g/mol. The van der Waals surface area contributed by atoms with E-state index >= 15 is 0 Å². The summed E-state index contributed by atoms with van der Waals surface area (Å²) in [5, 5.41) is 12.0. The Morgan fingerprint density at radius 2 is 2.19 bits per heavy atom. The molecule has 1 atom stereocenters. The van der Waals surface area contributed by atoms with Crippen molar-refractivity contribution in [3.8, 4) is 6.07 Å². The highest BCUT2D eigenvalue weighted by molar-refractivity contribution is 5.68. The number of hydrogen-bond acceptors (Lipinski definition) is 4. The number of nitrogens with zero attached hydrogens (tertiary/aromatic N) is 2. The van der Waals surface area contributed by atoms with Crippen LogP contribution in [-0.4, -0.2) is 31.6 Å². The van der Waals surface area contributed by atoms with Gasteiger partial charge in [0.1, 0.15) is 0 Å². The van der Waals surface area contributed by atoms with Crippen LogP contribution < -0.4 is 11.1 Å². The van der Waals surface area contributed by atoms with Gasteiger partial charge in [-0.2, -0.15) is 5.26 Å². The summed E-state index contributed by atoms with van der Waals surface area (Å²) >= 11 is 0. The molecule has 0 fully saturated rings. The van der Waals surface area contributed by atoms with Crippen LogP contribution in [0, 0.1) is 11.3 Å². The van der Waals surface area contributed by atoms with Crippen LogP contribution in [0.3, 0.4) is 0 Å². The Bertz CT molecular complexity index is 392. The van der Waals surface area contributed by atoms with Crippen LogP contribution in [0.4, 0.5) is 11.4 Å². The van der Waals surface area contributed by atoms with E-state index in [2.05, 4.69) is 23.2 Å². The van der Waals surface area contributed by atoms with E-state index in [9.17, 15) is 0 Å². The first kappa shape index (κ1) is 12.3. The van der Waals surface area contributed by atoms with Crippen molar-refractivity contribution in [2.75, 3.05) is 31.7 Å². The highest BCUT2D eigenvalue weighted by Crippen LogP contribution is 2.19. The Hall–Kier alpha value is -1.73. The second-order valence-corrected chi connectivity index (χ2v) is 4.11. The van der Waals surface area contributed by atoms with Gasteiger partial charge in [-0.3, -0.25) is 0 Å². The Morgan fingerprint density at radius 3 is 2.75 bits per heavy atom. The molecule has 1 rings (SSSR count). The van der Waals surface area contributed by atoms with Gasteiger partial charge in [0.2, 0.25) is 0 Å². The van der Waals surface area contributed by atoms with Gasteiger partial charge in [0, 0.05) is 12.6 Å². The summed E-state index contributed by atoms with van der Waals surface area (Å²) in [6.45, 7) is 2.92. The number of benzene rings is 1. The molecule has 0 amide bonds.